The number of benzene rings is 2. The number of carbonyl (C=O) groups excluding carboxylic acids is 2. The smallest absolute Gasteiger partial charge is 0.259 e. The van der Waals surface area contributed by atoms with E-state index in [2.05, 4.69) is 21.2 Å². The number of halogens is 1. The molecule has 1 saturated carbocycles. The summed E-state index contributed by atoms with van der Waals surface area (Å²) < 4.78 is 0. The highest BCUT2D eigenvalue weighted by Gasteiger charge is 2.35. The van der Waals surface area contributed by atoms with E-state index >= 15 is 0 Å². The molecule has 7 nitrogen and oxygen atoms in total. The number of carbonyl (C=O) groups is 2. The molecule has 0 unspecified atom stereocenters. The van der Waals surface area contributed by atoms with E-state index in [0.29, 0.717) is 29.4 Å². The van der Waals surface area contributed by atoms with Gasteiger partial charge in [0.15, 0.2) is 0 Å². The maximum Gasteiger partial charge on any atom is 0.259 e. The Kier molecular flexibility index (Phi) is 7.25. The Morgan fingerprint density at radius 2 is 2.00 bits per heavy atom. The fourth-order valence-electron chi connectivity index (χ4n) is 4.85. The molecule has 0 spiro atoms. The lowest BCUT2D eigenvalue weighted by Gasteiger charge is -2.30. The first kappa shape index (κ1) is 24.5. The third-order valence-corrected chi connectivity index (χ3v) is 6.69. The highest BCUT2D eigenvalue weighted by Crippen LogP contribution is 2.40. The van der Waals surface area contributed by atoms with Gasteiger partial charge in [-0.3, -0.25) is 9.59 Å². The van der Waals surface area contributed by atoms with Crippen LogP contribution in [0, 0.1) is 18.3 Å². The number of nitrogens with two attached hydrogens (primary N) is 1. The predicted octanol–water partition coefficient (Wildman–Crippen LogP) is 3.75. The van der Waals surface area contributed by atoms with Gasteiger partial charge in [0.1, 0.15) is 5.82 Å². The molecule has 35 heavy (non-hydrogen) atoms. The van der Waals surface area contributed by atoms with Crippen LogP contribution >= 0.6 is 12.4 Å². The number of terminal acetylenes is 1. The number of aromatic nitrogens is 2. The predicted molar refractivity (Wildman–Crippen MR) is 141 cm³/mol. The van der Waals surface area contributed by atoms with Crippen molar-refractivity contribution in [1.29, 1.82) is 0 Å². The number of hydrogen-bond acceptors (Lipinski definition) is 4. The Hall–Kier alpha value is -3.60. The molecule has 1 fully saturated rings. The molecule has 2 aromatic carbocycles. The van der Waals surface area contributed by atoms with Crippen LogP contribution in [0.15, 0.2) is 42.5 Å². The summed E-state index contributed by atoms with van der Waals surface area (Å²) in [5.41, 5.74) is 10.4. The van der Waals surface area contributed by atoms with E-state index in [1.807, 2.05) is 35.2 Å². The SMILES string of the molecule is C#CCNC(=O)c1ccc2c(c1)N(CC1CCC(N)CC1)C(=O)/C2=C\c1nc2ccccc2[nH]1.Cl. The third-order valence-electron chi connectivity index (χ3n) is 6.69. The molecule has 5 rings (SSSR count). The average molecular weight is 490 g/mol. The number of anilines is 1. The van der Waals surface area contributed by atoms with Gasteiger partial charge in [0.05, 0.1) is 28.8 Å². The van der Waals surface area contributed by atoms with Crippen LogP contribution in [0.5, 0.6) is 0 Å². The number of rotatable bonds is 5. The highest BCUT2D eigenvalue weighted by molar-refractivity contribution is 6.36. The number of imidazole rings is 1. The second-order valence-corrected chi connectivity index (χ2v) is 9.01. The summed E-state index contributed by atoms with van der Waals surface area (Å²) in [5, 5.41) is 2.70. The van der Waals surface area contributed by atoms with Crippen molar-refractivity contribution in [3.8, 4) is 12.3 Å². The van der Waals surface area contributed by atoms with Gasteiger partial charge in [-0.25, -0.2) is 4.98 Å². The second kappa shape index (κ2) is 10.3. The molecule has 0 atom stereocenters. The van der Waals surface area contributed by atoms with Gasteiger partial charge in [-0.2, -0.15) is 0 Å². The first-order chi connectivity index (χ1) is 16.5. The minimum Gasteiger partial charge on any atom is -0.341 e. The quantitative estimate of drug-likeness (QED) is 0.375. The zero-order valence-corrected chi connectivity index (χ0v) is 20.1. The molecule has 2 amide bonds. The number of amides is 2. The first-order valence-corrected chi connectivity index (χ1v) is 11.6. The molecule has 1 aromatic heterocycles. The lowest BCUT2D eigenvalue weighted by Crippen LogP contribution is -2.36. The van der Waals surface area contributed by atoms with Crippen LogP contribution in [-0.2, 0) is 4.79 Å². The van der Waals surface area contributed by atoms with Crippen molar-refractivity contribution in [2.24, 2.45) is 11.7 Å². The zero-order chi connectivity index (χ0) is 23.7. The zero-order valence-electron chi connectivity index (χ0n) is 19.3. The van der Waals surface area contributed by atoms with Crippen LogP contribution in [0.1, 0.15) is 47.4 Å². The molecular weight excluding hydrogens is 462 g/mol. The van der Waals surface area contributed by atoms with Crippen molar-refractivity contribution in [1.82, 2.24) is 15.3 Å². The number of para-hydroxylation sites is 2. The summed E-state index contributed by atoms with van der Waals surface area (Å²) in [4.78, 5) is 35.9. The molecule has 180 valence electrons. The minimum absolute atomic E-state index is 0. The maximum absolute atomic E-state index is 13.6. The third kappa shape index (κ3) is 4.95. The van der Waals surface area contributed by atoms with Crippen LogP contribution in [-0.4, -0.2) is 40.9 Å². The Morgan fingerprint density at radius 3 is 2.74 bits per heavy atom. The van der Waals surface area contributed by atoms with Gasteiger partial charge < -0.3 is 20.9 Å². The number of fused-ring (bicyclic) bond motifs is 2. The topological polar surface area (TPSA) is 104 Å². The van der Waals surface area contributed by atoms with Crippen molar-refractivity contribution in [2.75, 3.05) is 18.0 Å². The van der Waals surface area contributed by atoms with Crippen LogP contribution in [0.3, 0.4) is 0 Å². The van der Waals surface area contributed by atoms with E-state index in [4.69, 9.17) is 12.2 Å². The Bertz CT molecular complexity index is 1300. The van der Waals surface area contributed by atoms with Gasteiger partial charge in [-0.15, -0.1) is 18.8 Å². The van der Waals surface area contributed by atoms with Crippen LogP contribution < -0.4 is 16.0 Å². The van der Waals surface area contributed by atoms with E-state index in [0.717, 1.165) is 48.0 Å². The fourth-order valence-corrected chi connectivity index (χ4v) is 4.85. The molecule has 3 aromatic rings. The van der Waals surface area contributed by atoms with Crippen LogP contribution in [0.4, 0.5) is 5.69 Å². The summed E-state index contributed by atoms with van der Waals surface area (Å²) >= 11 is 0. The van der Waals surface area contributed by atoms with E-state index < -0.39 is 0 Å². The molecule has 0 saturated heterocycles. The van der Waals surface area contributed by atoms with E-state index in [-0.39, 0.29) is 36.8 Å². The second-order valence-electron chi connectivity index (χ2n) is 9.01. The maximum atomic E-state index is 13.6. The highest BCUT2D eigenvalue weighted by atomic mass is 35.5. The van der Waals surface area contributed by atoms with Crippen molar-refractivity contribution >= 4 is 52.6 Å². The standard InChI is InChI=1S/C27H27N5O2.ClH/c1-2-13-29-26(33)18-9-12-20-21(15-25-30-22-5-3-4-6-23(22)31-25)27(34)32(24(20)14-18)16-17-7-10-19(28)11-8-17;/h1,3-6,9,12,14-15,17,19H,7-8,10-11,13,16,28H2,(H,29,33)(H,30,31);1H/b21-15-;. The molecule has 1 aliphatic carbocycles. The Balaban J connectivity index is 0.00000289. The molecule has 0 radical (unpaired) electrons. The van der Waals surface area contributed by atoms with Gasteiger partial charge in [-0.05, 0) is 61.9 Å². The number of nitrogens with zero attached hydrogens (tertiary/aromatic N) is 2. The Labute approximate surface area is 210 Å². The molecule has 1 aliphatic heterocycles. The van der Waals surface area contributed by atoms with Crippen molar-refractivity contribution < 1.29 is 9.59 Å². The average Bonchev–Trinajstić information content (AvgIpc) is 3.37. The fraction of sp³-hybridized carbons (Fsp3) is 0.296. The van der Waals surface area contributed by atoms with E-state index in [1.54, 1.807) is 18.2 Å². The number of H-pyrrole nitrogens is 1. The summed E-state index contributed by atoms with van der Waals surface area (Å²) in [6.07, 6.45) is 11.0. The molecule has 0 bridgehead atoms. The molecule has 2 heterocycles. The lowest BCUT2D eigenvalue weighted by molar-refractivity contribution is -0.113. The summed E-state index contributed by atoms with van der Waals surface area (Å²) in [6, 6.07) is 13.4. The first-order valence-electron chi connectivity index (χ1n) is 11.6. The van der Waals surface area contributed by atoms with Gasteiger partial charge in [0, 0.05) is 23.7 Å². The van der Waals surface area contributed by atoms with E-state index in [1.165, 1.54) is 0 Å². The molecule has 2 aliphatic rings. The van der Waals surface area contributed by atoms with Crippen LogP contribution in [0.25, 0.3) is 22.7 Å². The van der Waals surface area contributed by atoms with Crippen LogP contribution in [0.2, 0.25) is 0 Å². The molecule has 8 heteroatoms. The molecule has 4 N–H and O–H groups in total. The normalized spacial score (nSPS) is 20.4. The van der Waals surface area contributed by atoms with Gasteiger partial charge in [-0.1, -0.05) is 24.1 Å². The Morgan fingerprint density at radius 1 is 1.23 bits per heavy atom. The number of nitrogens with one attached hydrogen (secondary N) is 2. The minimum atomic E-state index is -0.258. The largest absolute Gasteiger partial charge is 0.341 e. The number of aromatic amines is 1. The summed E-state index contributed by atoms with van der Waals surface area (Å²) in [5.74, 6) is 3.08. The van der Waals surface area contributed by atoms with Crippen molar-refractivity contribution in [2.45, 2.75) is 31.7 Å². The summed E-state index contributed by atoms with van der Waals surface area (Å²) in [7, 11) is 0. The van der Waals surface area contributed by atoms with Gasteiger partial charge >= 0.3 is 0 Å². The lowest BCUT2D eigenvalue weighted by atomic mass is 9.86. The van der Waals surface area contributed by atoms with Crippen molar-refractivity contribution in [3.63, 3.8) is 0 Å². The van der Waals surface area contributed by atoms with Gasteiger partial charge in [0.2, 0.25) is 0 Å². The van der Waals surface area contributed by atoms with Crippen molar-refractivity contribution in [3.05, 3.63) is 59.4 Å². The van der Waals surface area contributed by atoms with Gasteiger partial charge in [0.25, 0.3) is 11.8 Å². The molecular formula is C27H28ClN5O2. The monoisotopic (exact) mass is 489 g/mol. The van der Waals surface area contributed by atoms with E-state index in [9.17, 15) is 9.59 Å². The number of hydrogen-bond donors (Lipinski definition) is 3. The summed E-state index contributed by atoms with van der Waals surface area (Å²) in [6.45, 7) is 0.754.